The van der Waals surface area contributed by atoms with Gasteiger partial charge in [-0.15, -0.1) is 0 Å². The molecule has 7 heteroatoms. The summed E-state index contributed by atoms with van der Waals surface area (Å²) in [6.45, 7) is 3.27. The van der Waals surface area contributed by atoms with Gasteiger partial charge in [-0.25, -0.2) is 4.39 Å². The summed E-state index contributed by atoms with van der Waals surface area (Å²) >= 11 is 0. The molecule has 1 atom stereocenters. The Balaban J connectivity index is 2.07. The molecule has 0 radical (unpaired) electrons. The summed E-state index contributed by atoms with van der Waals surface area (Å²) in [6, 6.07) is 11.6. The Hall–Kier alpha value is -3.19. The average Bonchev–Trinajstić information content (AvgIpc) is 3.01. The number of halogens is 1. The molecule has 164 valence electrons. The predicted molar refractivity (Wildman–Crippen MR) is 116 cm³/mol. The molecule has 0 spiro atoms. The molecule has 0 saturated carbocycles. The number of Topliss-reactive ketones (excluding diaryl/α,β-unsaturated/α-hetero) is 1. The SMILES string of the molecule is CCCOc1ccc(C(O)=C2C(=O)C(=O)N(CCN(C)C)[C@H]2c2ccccc2F)cc1. The first-order valence-corrected chi connectivity index (χ1v) is 10.3. The fourth-order valence-electron chi connectivity index (χ4n) is 3.52. The van der Waals surface area contributed by atoms with E-state index >= 15 is 0 Å². The van der Waals surface area contributed by atoms with Gasteiger partial charge < -0.3 is 19.6 Å². The number of aliphatic hydroxyl groups excluding tert-OH is 1. The highest BCUT2D eigenvalue weighted by molar-refractivity contribution is 6.46. The molecule has 1 aliphatic heterocycles. The number of ether oxygens (including phenoxy) is 1. The number of likely N-dealkylation sites (N-methyl/N-ethyl adjacent to an activating group) is 1. The Bertz CT molecular complexity index is 985. The largest absolute Gasteiger partial charge is 0.507 e. The minimum Gasteiger partial charge on any atom is -0.507 e. The second-order valence-electron chi connectivity index (χ2n) is 7.69. The lowest BCUT2D eigenvalue weighted by Gasteiger charge is -2.26. The van der Waals surface area contributed by atoms with Crippen LogP contribution in [0.25, 0.3) is 5.76 Å². The molecule has 0 bridgehead atoms. The van der Waals surface area contributed by atoms with E-state index in [-0.39, 0.29) is 23.4 Å². The van der Waals surface area contributed by atoms with E-state index in [9.17, 15) is 19.1 Å². The minimum atomic E-state index is -1.00. The number of carbonyl (C=O) groups is 2. The van der Waals surface area contributed by atoms with Crippen LogP contribution in [0.4, 0.5) is 4.39 Å². The number of aliphatic hydroxyl groups is 1. The molecule has 31 heavy (non-hydrogen) atoms. The fraction of sp³-hybridized carbons (Fsp3) is 0.333. The average molecular weight is 426 g/mol. The maximum atomic E-state index is 14.7. The molecule has 0 aromatic heterocycles. The summed E-state index contributed by atoms with van der Waals surface area (Å²) in [7, 11) is 3.69. The fourth-order valence-corrected chi connectivity index (χ4v) is 3.52. The van der Waals surface area contributed by atoms with Gasteiger partial charge in [-0.1, -0.05) is 25.1 Å². The van der Waals surface area contributed by atoms with Crippen LogP contribution in [0.3, 0.4) is 0 Å². The van der Waals surface area contributed by atoms with Crippen LogP contribution in [-0.2, 0) is 9.59 Å². The van der Waals surface area contributed by atoms with Gasteiger partial charge in [0.15, 0.2) is 0 Å². The monoisotopic (exact) mass is 426 g/mol. The summed E-state index contributed by atoms with van der Waals surface area (Å²) in [4.78, 5) is 28.9. The number of amides is 1. The highest BCUT2D eigenvalue weighted by Crippen LogP contribution is 2.40. The smallest absolute Gasteiger partial charge is 0.295 e. The zero-order chi connectivity index (χ0) is 22.5. The maximum absolute atomic E-state index is 14.7. The lowest BCUT2D eigenvalue weighted by molar-refractivity contribution is -0.140. The summed E-state index contributed by atoms with van der Waals surface area (Å²) in [6.07, 6.45) is 0.862. The molecule has 1 fully saturated rings. The third-order valence-corrected chi connectivity index (χ3v) is 5.13. The molecule has 2 aromatic carbocycles. The van der Waals surface area contributed by atoms with Gasteiger partial charge in [0.2, 0.25) is 0 Å². The molecule has 1 N–H and O–H groups in total. The minimum absolute atomic E-state index is 0.115. The molecule has 2 aromatic rings. The molecule has 1 saturated heterocycles. The summed E-state index contributed by atoms with van der Waals surface area (Å²) in [5.41, 5.74) is 0.414. The zero-order valence-corrected chi connectivity index (χ0v) is 18.0. The van der Waals surface area contributed by atoms with Crippen LogP contribution in [0, 0.1) is 5.82 Å². The first-order chi connectivity index (χ1) is 14.8. The lowest BCUT2D eigenvalue weighted by Crippen LogP contribution is -2.35. The Morgan fingerprint density at radius 3 is 2.42 bits per heavy atom. The summed E-state index contributed by atoms with van der Waals surface area (Å²) in [5, 5.41) is 11.0. The standard InChI is InChI=1S/C24H27FN2O4/c1-4-15-31-17-11-9-16(10-12-17)22(28)20-21(18-7-5-6-8-19(18)25)27(14-13-26(2)3)24(30)23(20)29/h5-12,21,28H,4,13-15H2,1-3H3/t21-/m0/s1. The first-order valence-electron chi connectivity index (χ1n) is 10.3. The molecule has 1 heterocycles. The first kappa shape index (κ1) is 22.5. The molecular weight excluding hydrogens is 399 g/mol. The quantitative estimate of drug-likeness (QED) is 0.397. The van der Waals surface area contributed by atoms with E-state index in [1.807, 2.05) is 25.9 Å². The Labute approximate surface area is 181 Å². The number of nitrogens with zero attached hydrogens (tertiary/aromatic N) is 2. The van der Waals surface area contributed by atoms with Crippen molar-refractivity contribution in [1.29, 1.82) is 0 Å². The Morgan fingerprint density at radius 2 is 1.81 bits per heavy atom. The van der Waals surface area contributed by atoms with Gasteiger partial charge in [0.25, 0.3) is 11.7 Å². The Kier molecular flexibility index (Phi) is 7.07. The number of carbonyl (C=O) groups excluding carboxylic acids is 2. The molecule has 1 aliphatic rings. The van der Waals surface area contributed by atoms with E-state index in [0.29, 0.717) is 24.5 Å². The van der Waals surface area contributed by atoms with Crippen LogP contribution in [0.1, 0.15) is 30.5 Å². The van der Waals surface area contributed by atoms with E-state index in [1.54, 1.807) is 36.4 Å². The normalized spacial score (nSPS) is 18.1. The van der Waals surface area contributed by atoms with Gasteiger partial charge >= 0.3 is 0 Å². The van der Waals surface area contributed by atoms with Crippen molar-refractivity contribution >= 4 is 17.4 Å². The van der Waals surface area contributed by atoms with Crippen LogP contribution < -0.4 is 4.74 Å². The van der Waals surface area contributed by atoms with E-state index in [4.69, 9.17) is 4.74 Å². The molecule has 0 unspecified atom stereocenters. The number of likely N-dealkylation sites (tertiary alicyclic amines) is 1. The van der Waals surface area contributed by atoms with E-state index < -0.39 is 23.5 Å². The van der Waals surface area contributed by atoms with Gasteiger partial charge in [-0.2, -0.15) is 0 Å². The number of hydrogen-bond acceptors (Lipinski definition) is 5. The van der Waals surface area contributed by atoms with Gasteiger partial charge in [0.1, 0.15) is 17.3 Å². The lowest BCUT2D eigenvalue weighted by atomic mass is 9.95. The molecule has 3 rings (SSSR count). The number of rotatable bonds is 8. The van der Waals surface area contributed by atoms with Crippen molar-refractivity contribution in [2.45, 2.75) is 19.4 Å². The van der Waals surface area contributed by atoms with Crippen molar-refractivity contribution in [2.75, 3.05) is 33.8 Å². The topological polar surface area (TPSA) is 70.1 Å². The summed E-state index contributed by atoms with van der Waals surface area (Å²) < 4.78 is 20.2. The van der Waals surface area contributed by atoms with E-state index in [1.165, 1.54) is 17.0 Å². The zero-order valence-electron chi connectivity index (χ0n) is 18.0. The van der Waals surface area contributed by atoms with Crippen molar-refractivity contribution in [3.63, 3.8) is 0 Å². The molecule has 0 aliphatic carbocycles. The second kappa shape index (κ2) is 9.75. The van der Waals surface area contributed by atoms with E-state index in [0.717, 1.165) is 6.42 Å². The summed E-state index contributed by atoms with van der Waals surface area (Å²) in [5.74, 6) is -1.81. The third-order valence-electron chi connectivity index (χ3n) is 5.13. The predicted octanol–water partition coefficient (Wildman–Crippen LogP) is 3.60. The highest BCUT2D eigenvalue weighted by atomic mass is 19.1. The van der Waals surface area contributed by atoms with Crippen molar-refractivity contribution in [3.05, 3.63) is 71.0 Å². The number of ketones is 1. The van der Waals surface area contributed by atoms with Crippen LogP contribution in [-0.4, -0.2) is 60.4 Å². The van der Waals surface area contributed by atoms with Crippen molar-refractivity contribution in [2.24, 2.45) is 0 Å². The number of benzene rings is 2. The highest BCUT2D eigenvalue weighted by Gasteiger charge is 2.46. The Morgan fingerprint density at radius 1 is 1.13 bits per heavy atom. The van der Waals surface area contributed by atoms with Crippen molar-refractivity contribution in [3.8, 4) is 5.75 Å². The van der Waals surface area contributed by atoms with Gasteiger partial charge in [-0.3, -0.25) is 9.59 Å². The van der Waals surface area contributed by atoms with Gasteiger partial charge in [0, 0.05) is 24.2 Å². The van der Waals surface area contributed by atoms with Crippen LogP contribution >= 0.6 is 0 Å². The number of hydrogen-bond donors (Lipinski definition) is 1. The molecular formula is C24H27FN2O4. The van der Waals surface area contributed by atoms with Crippen LogP contribution in [0.5, 0.6) is 5.75 Å². The maximum Gasteiger partial charge on any atom is 0.295 e. The molecule has 6 nitrogen and oxygen atoms in total. The van der Waals surface area contributed by atoms with Gasteiger partial charge in [0.05, 0.1) is 18.2 Å². The van der Waals surface area contributed by atoms with E-state index in [2.05, 4.69) is 0 Å². The van der Waals surface area contributed by atoms with Gasteiger partial charge in [-0.05, 0) is 50.8 Å². The van der Waals surface area contributed by atoms with Crippen LogP contribution in [0.15, 0.2) is 54.1 Å². The third kappa shape index (κ3) is 4.77. The van der Waals surface area contributed by atoms with Crippen molar-refractivity contribution in [1.82, 2.24) is 9.80 Å². The molecule has 1 amide bonds. The van der Waals surface area contributed by atoms with Crippen LogP contribution in [0.2, 0.25) is 0 Å². The second-order valence-corrected chi connectivity index (χ2v) is 7.69. The van der Waals surface area contributed by atoms with Crippen molar-refractivity contribution < 1.29 is 23.8 Å².